The number of carboxylic acids is 1. The lowest BCUT2D eigenvalue weighted by molar-refractivity contribution is -0.144. The third kappa shape index (κ3) is 7.27. The van der Waals surface area contributed by atoms with Crippen molar-refractivity contribution < 1.29 is 14.7 Å². The Bertz CT molecular complexity index is 257. The standard InChI is InChI=1S/C13H26N2O3/c1-3-9-15(10-13(17)18)12(16)6-5-11(4-2)7-8-14/h11H,3-10,14H2,1-2H3,(H,17,18). The summed E-state index contributed by atoms with van der Waals surface area (Å²) in [7, 11) is 0. The van der Waals surface area contributed by atoms with E-state index in [9.17, 15) is 9.59 Å². The van der Waals surface area contributed by atoms with Crippen molar-refractivity contribution in [2.24, 2.45) is 11.7 Å². The monoisotopic (exact) mass is 258 g/mol. The van der Waals surface area contributed by atoms with E-state index in [0.717, 1.165) is 25.7 Å². The zero-order chi connectivity index (χ0) is 14.0. The van der Waals surface area contributed by atoms with Crippen LogP contribution in [0.1, 0.15) is 46.0 Å². The number of nitrogens with zero attached hydrogens (tertiary/aromatic N) is 1. The Balaban J connectivity index is 4.19. The zero-order valence-electron chi connectivity index (χ0n) is 11.5. The number of nitrogens with two attached hydrogens (primary N) is 1. The molecule has 3 N–H and O–H groups in total. The Morgan fingerprint density at radius 3 is 2.39 bits per heavy atom. The first-order valence-corrected chi connectivity index (χ1v) is 6.74. The van der Waals surface area contributed by atoms with E-state index in [1.165, 1.54) is 4.90 Å². The quantitative estimate of drug-likeness (QED) is 0.621. The van der Waals surface area contributed by atoms with Crippen LogP contribution in [-0.2, 0) is 9.59 Å². The van der Waals surface area contributed by atoms with Gasteiger partial charge in [0.1, 0.15) is 6.54 Å². The smallest absolute Gasteiger partial charge is 0.323 e. The fourth-order valence-corrected chi connectivity index (χ4v) is 2.00. The van der Waals surface area contributed by atoms with Crippen molar-refractivity contribution in [1.29, 1.82) is 0 Å². The van der Waals surface area contributed by atoms with Crippen molar-refractivity contribution in [3.63, 3.8) is 0 Å². The number of rotatable bonds is 10. The van der Waals surface area contributed by atoms with E-state index in [4.69, 9.17) is 10.8 Å². The molecule has 0 fully saturated rings. The first-order valence-electron chi connectivity index (χ1n) is 6.74. The van der Waals surface area contributed by atoms with Gasteiger partial charge >= 0.3 is 5.97 Å². The van der Waals surface area contributed by atoms with Gasteiger partial charge in [-0.15, -0.1) is 0 Å². The van der Waals surface area contributed by atoms with Gasteiger partial charge in [-0.1, -0.05) is 20.3 Å². The summed E-state index contributed by atoms with van der Waals surface area (Å²) in [5.41, 5.74) is 5.51. The first-order chi connectivity index (χ1) is 8.54. The van der Waals surface area contributed by atoms with Gasteiger partial charge in [0.2, 0.25) is 5.91 Å². The summed E-state index contributed by atoms with van der Waals surface area (Å²) >= 11 is 0. The van der Waals surface area contributed by atoms with Crippen LogP contribution in [-0.4, -0.2) is 41.5 Å². The summed E-state index contributed by atoms with van der Waals surface area (Å²) in [5, 5.41) is 8.76. The van der Waals surface area contributed by atoms with E-state index < -0.39 is 5.97 Å². The van der Waals surface area contributed by atoms with Gasteiger partial charge in [-0.25, -0.2) is 0 Å². The maximum atomic E-state index is 11.9. The molecule has 0 aliphatic rings. The molecule has 0 aliphatic heterocycles. The minimum atomic E-state index is -0.953. The topological polar surface area (TPSA) is 83.6 Å². The van der Waals surface area contributed by atoms with Gasteiger partial charge in [0.25, 0.3) is 0 Å². The summed E-state index contributed by atoms with van der Waals surface area (Å²) < 4.78 is 0. The van der Waals surface area contributed by atoms with Gasteiger partial charge < -0.3 is 15.7 Å². The fourth-order valence-electron chi connectivity index (χ4n) is 2.00. The van der Waals surface area contributed by atoms with Gasteiger partial charge in [0.15, 0.2) is 0 Å². The van der Waals surface area contributed by atoms with Crippen LogP contribution < -0.4 is 5.73 Å². The summed E-state index contributed by atoms with van der Waals surface area (Å²) in [6, 6.07) is 0. The predicted molar refractivity (Wildman–Crippen MR) is 71.2 cm³/mol. The Labute approximate surface area is 109 Å². The molecule has 1 atom stereocenters. The lowest BCUT2D eigenvalue weighted by Gasteiger charge is -2.21. The largest absolute Gasteiger partial charge is 0.480 e. The second-order valence-corrected chi connectivity index (χ2v) is 4.60. The van der Waals surface area contributed by atoms with E-state index in [0.29, 0.717) is 25.4 Å². The molecule has 5 nitrogen and oxygen atoms in total. The van der Waals surface area contributed by atoms with E-state index in [-0.39, 0.29) is 12.5 Å². The molecule has 0 aromatic rings. The minimum Gasteiger partial charge on any atom is -0.480 e. The highest BCUT2D eigenvalue weighted by Gasteiger charge is 2.17. The molecule has 106 valence electrons. The SMILES string of the molecule is CCCN(CC(=O)O)C(=O)CCC(CC)CCN. The first kappa shape index (κ1) is 16.9. The van der Waals surface area contributed by atoms with Crippen molar-refractivity contribution >= 4 is 11.9 Å². The molecule has 5 heteroatoms. The number of hydrogen-bond acceptors (Lipinski definition) is 3. The van der Waals surface area contributed by atoms with Crippen LogP contribution in [0.25, 0.3) is 0 Å². The van der Waals surface area contributed by atoms with E-state index in [1.54, 1.807) is 0 Å². The van der Waals surface area contributed by atoms with Crippen LogP contribution in [0, 0.1) is 5.92 Å². The van der Waals surface area contributed by atoms with Crippen molar-refractivity contribution in [2.45, 2.75) is 46.0 Å². The highest BCUT2D eigenvalue weighted by molar-refractivity contribution is 5.81. The Morgan fingerprint density at radius 1 is 1.28 bits per heavy atom. The summed E-state index contributed by atoms with van der Waals surface area (Å²) in [5.74, 6) is -0.548. The van der Waals surface area contributed by atoms with Crippen LogP contribution in [0.15, 0.2) is 0 Å². The van der Waals surface area contributed by atoms with E-state index in [2.05, 4.69) is 6.92 Å². The second-order valence-electron chi connectivity index (χ2n) is 4.60. The number of amides is 1. The lowest BCUT2D eigenvalue weighted by Crippen LogP contribution is -2.36. The molecule has 0 saturated carbocycles. The molecule has 0 aromatic heterocycles. The fraction of sp³-hybridized carbons (Fsp3) is 0.846. The van der Waals surface area contributed by atoms with Crippen molar-refractivity contribution in [3.05, 3.63) is 0 Å². The maximum Gasteiger partial charge on any atom is 0.323 e. The van der Waals surface area contributed by atoms with Gasteiger partial charge in [-0.2, -0.15) is 0 Å². The molecule has 0 aromatic carbocycles. The number of aliphatic carboxylic acids is 1. The maximum absolute atomic E-state index is 11.9. The Morgan fingerprint density at radius 2 is 1.94 bits per heavy atom. The van der Waals surface area contributed by atoms with E-state index >= 15 is 0 Å². The average Bonchev–Trinajstić information content (AvgIpc) is 2.33. The molecule has 0 aliphatic carbocycles. The average molecular weight is 258 g/mol. The number of hydrogen-bond donors (Lipinski definition) is 2. The molecule has 1 unspecified atom stereocenters. The Kier molecular flexibility index (Phi) is 9.28. The number of carbonyl (C=O) groups excluding carboxylic acids is 1. The second kappa shape index (κ2) is 9.88. The highest BCUT2D eigenvalue weighted by atomic mass is 16.4. The number of carbonyl (C=O) groups is 2. The van der Waals surface area contributed by atoms with Crippen LogP contribution in [0.5, 0.6) is 0 Å². The molecule has 0 rings (SSSR count). The molecule has 18 heavy (non-hydrogen) atoms. The van der Waals surface area contributed by atoms with Gasteiger partial charge in [0, 0.05) is 13.0 Å². The third-order valence-corrected chi connectivity index (χ3v) is 3.09. The molecule has 0 radical (unpaired) electrons. The molecule has 1 amide bonds. The molecular weight excluding hydrogens is 232 g/mol. The normalized spacial score (nSPS) is 12.2. The van der Waals surface area contributed by atoms with Crippen LogP contribution in [0.4, 0.5) is 0 Å². The van der Waals surface area contributed by atoms with Gasteiger partial charge in [-0.3, -0.25) is 9.59 Å². The van der Waals surface area contributed by atoms with Crippen molar-refractivity contribution in [1.82, 2.24) is 4.90 Å². The van der Waals surface area contributed by atoms with Crippen molar-refractivity contribution in [2.75, 3.05) is 19.6 Å². The van der Waals surface area contributed by atoms with Crippen molar-refractivity contribution in [3.8, 4) is 0 Å². The minimum absolute atomic E-state index is 0.0604. The predicted octanol–water partition coefficient (Wildman–Crippen LogP) is 1.46. The van der Waals surface area contributed by atoms with Gasteiger partial charge in [-0.05, 0) is 31.7 Å². The van der Waals surface area contributed by atoms with E-state index in [1.807, 2.05) is 6.92 Å². The number of carboxylic acid groups (broad SMARTS) is 1. The zero-order valence-corrected chi connectivity index (χ0v) is 11.5. The lowest BCUT2D eigenvalue weighted by atomic mass is 9.96. The third-order valence-electron chi connectivity index (χ3n) is 3.09. The molecule has 0 heterocycles. The van der Waals surface area contributed by atoms with Gasteiger partial charge in [0.05, 0.1) is 0 Å². The molecule has 0 bridgehead atoms. The molecule has 0 spiro atoms. The summed E-state index contributed by atoms with van der Waals surface area (Å²) in [6.07, 6.45) is 3.94. The summed E-state index contributed by atoms with van der Waals surface area (Å²) in [6.45, 7) is 4.98. The molecular formula is C13H26N2O3. The molecule has 0 saturated heterocycles. The highest BCUT2D eigenvalue weighted by Crippen LogP contribution is 2.15. The van der Waals surface area contributed by atoms with Crippen LogP contribution >= 0.6 is 0 Å². The van der Waals surface area contributed by atoms with Crippen LogP contribution in [0.2, 0.25) is 0 Å². The van der Waals surface area contributed by atoms with Crippen LogP contribution in [0.3, 0.4) is 0 Å². The summed E-state index contributed by atoms with van der Waals surface area (Å²) in [4.78, 5) is 24.0. The Hall–Kier alpha value is -1.10.